The number of fused-ring (bicyclic) bond motifs is 1. The standard InChI is InChI=1S/C20H17ClF4N4OS/c1-18(16-19(9-30-2,20(16,24)25)31-17(26)29-18)11-5-10(3-4-12(11)22)6-13(23)14-7-28-15(21)8-27-14/h3-8,16H,9H2,1-2H3,(H2,26,29)/b13-6-/t16-,18+,19+/m0/s1. The minimum atomic E-state index is -3.19. The van der Waals surface area contributed by atoms with Gasteiger partial charge in [-0.2, -0.15) is 0 Å². The number of benzene rings is 1. The van der Waals surface area contributed by atoms with Crippen molar-refractivity contribution < 1.29 is 22.3 Å². The van der Waals surface area contributed by atoms with Gasteiger partial charge in [0.1, 0.15) is 21.4 Å². The van der Waals surface area contributed by atoms with E-state index in [2.05, 4.69) is 15.0 Å². The summed E-state index contributed by atoms with van der Waals surface area (Å²) < 4.78 is 62.7. The molecule has 3 atom stereocenters. The number of ether oxygens (including phenoxy) is 1. The molecule has 2 heterocycles. The smallest absolute Gasteiger partial charge is 0.272 e. The minimum absolute atomic E-state index is 0.0781. The highest BCUT2D eigenvalue weighted by atomic mass is 35.5. The van der Waals surface area contributed by atoms with Crippen LogP contribution in [0.25, 0.3) is 11.9 Å². The van der Waals surface area contributed by atoms with Crippen LogP contribution in [0.4, 0.5) is 17.6 Å². The number of hydrogen-bond donors (Lipinski definition) is 1. The van der Waals surface area contributed by atoms with Gasteiger partial charge in [-0.1, -0.05) is 29.4 Å². The fourth-order valence-electron chi connectivity index (χ4n) is 4.19. The molecule has 1 aliphatic heterocycles. The second-order valence-electron chi connectivity index (χ2n) is 7.53. The van der Waals surface area contributed by atoms with E-state index < -0.39 is 33.8 Å². The average molecular weight is 473 g/mol. The molecule has 164 valence electrons. The second-order valence-corrected chi connectivity index (χ2v) is 9.27. The predicted molar refractivity (Wildman–Crippen MR) is 112 cm³/mol. The van der Waals surface area contributed by atoms with Crippen LogP contribution in [0, 0.1) is 11.7 Å². The van der Waals surface area contributed by atoms with E-state index in [4.69, 9.17) is 22.1 Å². The van der Waals surface area contributed by atoms with Crippen LogP contribution in [0.1, 0.15) is 23.7 Å². The molecular weight excluding hydrogens is 456 g/mol. The number of alkyl halides is 2. The van der Waals surface area contributed by atoms with Gasteiger partial charge in [-0.25, -0.2) is 27.5 Å². The fraction of sp³-hybridized carbons (Fsp3) is 0.350. The lowest BCUT2D eigenvalue weighted by molar-refractivity contribution is 0.0637. The molecule has 4 rings (SSSR count). The maximum absolute atomic E-state index is 14.9. The zero-order chi connectivity index (χ0) is 22.6. The highest BCUT2D eigenvalue weighted by Gasteiger charge is 2.87. The lowest BCUT2D eigenvalue weighted by Gasteiger charge is -2.32. The van der Waals surface area contributed by atoms with Crippen molar-refractivity contribution in [1.29, 1.82) is 0 Å². The highest BCUT2D eigenvalue weighted by Crippen LogP contribution is 2.74. The number of thioether (sulfide) groups is 1. The van der Waals surface area contributed by atoms with Crippen LogP contribution in [-0.2, 0) is 10.3 Å². The van der Waals surface area contributed by atoms with Crippen LogP contribution in [0.3, 0.4) is 0 Å². The Labute approximate surface area is 184 Å². The van der Waals surface area contributed by atoms with Crippen molar-refractivity contribution in [2.75, 3.05) is 13.7 Å². The van der Waals surface area contributed by atoms with Crippen molar-refractivity contribution >= 4 is 40.4 Å². The minimum Gasteiger partial charge on any atom is -0.383 e. The second kappa shape index (κ2) is 7.46. The summed E-state index contributed by atoms with van der Waals surface area (Å²) in [5, 5.41) is 0.0139. The summed E-state index contributed by atoms with van der Waals surface area (Å²) in [5.41, 5.74) is 4.25. The van der Waals surface area contributed by atoms with E-state index >= 15 is 0 Å². The summed E-state index contributed by atoms with van der Waals surface area (Å²) in [6, 6.07) is 3.69. The lowest BCUT2D eigenvalue weighted by Crippen LogP contribution is -2.37. The van der Waals surface area contributed by atoms with Crippen molar-refractivity contribution in [2.45, 2.75) is 23.1 Å². The Kier molecular flexibility index (Phi) is 5.30. The SMILES string of the molecule is COC[C@@]12SC(N)=N[C@](C)(c3cc(/C=C(\F)c4cnc(Cl)cn4)ccc3F)[C@@H]1C2(F)F. The molecule has 31 heavy (non-hydrogen) atoms. The number of aromatic nitrogens is 2. The van der Waals surface area contributed by atoms with Crippen molar-refractivity contribution in [3.63, 3.8) is 0 Å². The summed E-state index contributed by atoms with van der Waals surface area (Å²) in [6.07, 6.45) is 3.43. The zero-order valence-electron chi connectivity index (χ0n) is 16.4. The summed E-state index contributed by atoms with van der Waals surface area (Å²) in [4.78, 5) is 11.8. The molecule has 0 saturated heterocycles. The Hall–Kier alpha value is -2.17. The van der Waals surface area contributed by atoms with E-state index in [1.54, 1.807) is 0 Å². The van der Waals surface area contributed by atoms with Gasteiger partial charge in [-0.3, -0.25) is 4.99 Å². The number of aliphatic imine (C=N–C) groups is 1. The van der Waals surface area contributed by atoms with Crippen LogP contribution >= 0.6 is 23.4 Å². The number of amidine groups is 1. The first-order chi connectivity index (χ1) is 14.5. The Morgan fingerprint density at radius 1 is 1.32 bits per heavy atom. The van der Waals surface area contributed by atoms with Gasteiger partial charge in [0.05, 0.1) is 30.5 Å². The molecule has 0 unspecified atom stereocenters. The van der Waals surface area contributed by atoms with E-state index in [-0.39, 0.29) is 33.7 Å². The molecule has 1 aromatic carbocycles. The van der Waals surface area contributed by atoms with Crippen LogP contribution in [0.5, 0.6) is 0 Å². The first-order valence-corrected chi connectivity index (χ1v) is 10.3. The van der Waals surface area contributed by atoms with E-state index in [0.717, 1.165) is 30.1 Å². The van der Waals surface area contributed by atoms with Gasteiger partial charge in [0.25, 0.3) is 5.92 Å². The summed E-state index contributed by atoms with van der Waals surface area (Å²) >= 11 is 6.39. The van der Waals surface area contributed by atoms with Crippen molar-refractivity contribution in [3.05, 3.63) is 58.4 Å². The summed E-state index contributed by atoms with van der Waals surface area (Å²) in [5.74, 6) is -6.02. The molecule has 2 aromatic rings. The van der Waals surface area contributed by atoms with Gasteiger partial charge < -0.3 is 10.5 Å². The van der Waals surface area contributed by atoms with Gasteiger partial charge in [0.2, 0.25) is 0 Å². The van der Waals surface area contributed by atoms with Crippen LogP contribution < -0.4 is 5.73 Å². The molecular formula is C20H17ClF4N4OS. The van der Waals surface area contributed by atoms with E-state index in [1.807, 2.05) is 0 Å². The largest absolute Gasteiger partial charge is 0.383 e. The molecule has 11 heteroatoms. The number of hydrogen-bond acceptors (Lipinski definition) is 6. The number of methoxy groups -OCH3 is 1. The molecule has 2 N–H and O–H groups in total. The van der Waals surface area contributed by atoms with Gasteiger partial charge in [-0.15, -0.1) is 0 Å². The molecule has 1 aliphatic carbocycles. The molecule has 0 spiro atoms. The van der Waals surface area contributed by atoms with Crippen molar-refractivity contribution in [1.82, 2.24) is 9.97 Å². The fourth-order valence-corrected chi connectivity index (χ4v) is 5.76. The number of rotatable bonds is 5. The maximum Gasteiger partial charge on any atom is 0.272 e. The third-order valence-electron chi connectivity index (χ3n) is 5.55. The molecule has 0 radical (unpaired) electrons. The normalized spacial score (nSPS) is 29.3. The molecule has 2 aliphatic rings. The lowest BCUT2D eigenvalue weighted by atomic mass is 9.84. The topological polar surface area (TPSA) is 73.4 Å². The zero-order valence-corrected chi connectivity index (χ0v) is 17.9. The Morgan fingerprint density at radius 3 is 2.71 bits per heavy atom. The quantitative estimate of drug-likeness (QED) is 0.640. The summed E-state index contributed by atoms with van der Waals surface area (Å²) in [7, 11) is 1.31. The molecule has 1 fully saturated rings. The average Bonchev–Trinajstić information content (AvgIpc) is 3.18. The number of halogens is 5. The van der Waals surface area contributed by atoms with E-state index in [0.29, 0.717) is 0 Å². The third-order valence-corrected chi connectivity index (χ3v) is 7.04. The Morgan fingerprint density at radius 2 is 2.06 bits per heavy atom. The Bertz CT molecular complexity index is 1100. The van der Waals surface area contributed by atoms with Gasteiger partial charge in [0.15, 0.2) is 11.0 Å². The first kappa shape index (κ1) is 22.0. The monoisotopic (exact) mass is 472 g/mol. The van der Waals surface area contributed by atoms with Crippen LogP contribution in [0.15, 0.2) is 35.6 Å². The third kappa shape index (κ3) is 3.41. The van der Waals surface area contributed by atoms with Gasteiger partial charge >= 0.3 is 0 Å². The molecule has 1 saturated carbocycles. The molecule has 0 amide bonds. The Balaban J connectivity index is 1.77. The van der Waals surface area contributed by atoms with Crippen LogP contribution in [0.2, 0.25) is 5.15 Å². The van der Waals surface area contributed by atoms with E-state index in [9.17, 15) is 17.6 Å². The predicted octanol–water partition coefficient (Wildman–Crippen LogP) is 4.66. The summed E-state index contributed by atoms with van der Waals surface area (Å²) in [6.45, 7) is 1.13. The van der Waals surface area contributed by atoms with Crippen molar-refractivity contribution in [3.8, 4) is 0 Å². The molecule has 5 nitrogen and oxygen atoms in total. The number of nitrogens with zero attached hydrogens (tertiary/aromatic N) is 3. The van der Waals surface area contributed by atoms with Gasteiger partial charge in [0, 0.05) is 12.7 Å². The molecule has 0 bridgehead atoms. The van der Waals surface area contributed by atoms with Crippen LogP contribution in [-0.4, -0.2) is 39.5 Å². The van der Waals surface area contributed by atoms with Crippen molar-refractivity contribution in [2.24, 2.45) is 16.6 Å². The van der Waals surface area contributed by atoms with E-state index in [1.165, 1.54) is 32.4 Å². The van der Waals surface area contributed by atoms with Gasteiger partial charge in [-0.05, 0) is 30.7 Å². The number of nitrogens with two attached hydrogens (primary N) is 1. The maximum atomic E-state index is 14.9. The molecule has 1 aromatic heterocycles. The highest BCUT2D eigenvalue weighted by molar-refractivity contribution is 8.15. The first-order valence-electron chi connectivity index (χ1n) is 9.11.